The Kier molecular flexibility index (Phi) is 5.29. The Morgan fingerprint density at radius 2 is 1.87 bits per heavy atom. The van der Waals surface area contributed by atoms with E-state index < -0.39 is 34.9 Å². The highest BCUT2D eigenvalue weighted by Gasteiger charge is 2.49. The van der Waals surface area contributed by atoms with Gasteiger partial charge >= 0.3 is 5.97 Å². The molecule has 6 nitrogen and oxygen atoms in total. The number of rotatable bonds is 6. The van der Waals surface area contributed by atoms with Crippen LogP contribution in [-0.2, 0) is 14.4 Å². The molecule has 0 fully saturated rings. The molecule has 0 amide bonds. The fraction of sp³-hybridized carbons (Fsp3) is 0.571. The molecule has 0 aliphatic rings. The molecule has 0 saturated heterocycles. The summed E-state index contributed by atoms with van der Waals surface area (Å²) in [6.45, 7) is -0.570. The van der Waals surface area contributed by atoms with Gasteiger partial charge in [-0.25, -0.2) is 4.79 Å². The Hall–Kier alpha value is -0.570. The fourth-order valence-electron chi connectivity index (χ4n) is 0.898. The van der Waals surface area contributed by atoms with Gasteiger partial charge in [0.25, 0.3) is 0 Å². The summed E-state index contributed by atoms with van der Waals surface area (Å²) in [7, 11) is 0. The van der Waals surface area contributed by atoms with Crippen LogP contribution in [0.1, 0.15) is 0 Å². The number of carboxylic acids is 1. The van der Waals surface area contributed by atoms with Crippen LogP contribution in [0, 0.1) is 0 Å². The molecule has 0 radical (unpaired) electrons. The Balaban J connectivity index is 5.21. The molecule has 2 atom stereocenters. The largest absolute Gasteiger partial charge is 0.479 e. The van der Waals surface area contributed by atoms with Crippen molar-refractivity contribution in [2.75, 3.05) is 12.3 Å². The van der Waals surface area contributed by atoms with Crippen LogP contribution in [0.15, 0.2) is 0 Å². The molecule has 0 saturated carbocycles. The van der Waals surface area contributed by atoms with Crippen LogP contribution in [0.2, 0.25) is 0 Å². The molecule has 0 aromatic carbocycles. The predicted octanol–water partition coefficient (Wildman–Crippen LogP) is -1.91. The maximum atomic E-state index is 11.3. The normalized spacial score (nSPS) is 16.5. The van der Waals surface area contributed by atoms with Crippen molar-refractivity contribution in [3.63, 3.8) is 0 Å². The van der Waals surface area contributed by atoms with E-state index in [4.69, 9.17) is 16.6 Å². The summed E-state index contributed by atoms with van der Waals surface area (Å²) >= 11 is 7.40. The van der Waals surface area contributed by atoms with E-state index in [9.17, 15) is 14.4 Å². The molecule has 8 heteroatoms. The molecule has 0 spiro atoms. The first-order valence-corrected chi connectivity index (χ1v) is 5.04. The Bertz CT molecular complexity index is 297. The van der Waals surface area contributed by atoms with E-state index in [0.29, 0.717) is 0 Å². The number of hydrogen-bond acceptors (Lipinski definition) is 7. The zero-order chi connectivity index (χ0) is 12.2. The maximum absolute atomic E-state index is 11.3. The highest BCUT2D eigenvalue weighted by Crippen LogP contribution is 2.17. The summed E-state index contributed by atoms with van der Waals surface area (Å²) in [6.07, 6.45) is 0. The molecule has 0 heterocycles. The lowest BCUT2D eigenvalue weighted by Crippen LogP contribution is -2.65. The molecule has 0 aromatic rings. The fourth-order valence-corrected chi connectivity index (χ4v) is 1.57. The first-order chi connectivity index (χ1) is 6.82. The van der Waals surface area contributed by atoms with Crippen LogP contribution in [0.25, 0.3) is 0 Å². The SMILES string of the molecule is NCC(=O)C(N)(C(=O)O)C(S)C(=O)CS. The van der Waals surface area contributed by atoms with Crippen molar-refractivity contribution in [3.05, 3.63) is 0 Å². The zero-order valence-electron chi connectivity index (χ0n) is 7.71. The highest BCUT2D eigenvalue weighted by atomic mass is 32.1. The van der Waals surface area contributed by atoms with Gasteiger partial charge < -0.3 is 16.6 Å². The molecule has 0 bridgehead atoms. The first-order valence-electron chi connectivity index (χ1n) is 3.89. The minimum Gasteiger partial charge on any atom is -0.479 e. The predicted molar refractivity (Wildman–Crippen MR) is 60.2 cm³/mol. The second kappa shape index (κ2) is 5.50. The summed E-state index contributed by atoms with van der Waals surface area (Å²) in [5, 5.41) is 7.37. The van der Waals surface area contributed by atoms with E-state index in [1.165, 1.54) is 0 Å². The molecular weight excluding hydrogens is 240 g/mol. The van der Waals surface area contributed by atoms with Gasteiger partial charge in [-0.15, -0.1) is 0 Å². The van der Waals surface area contributed by atoms with Gasteiger partial charge in [0, 0.05) is 0 Å². The van der Waals surface area contributed by atoms with Gasteiger partial charge in [-0.3, -0.25) is 9.59 Å². The van der Waals surface area contributed by atoms with E-state index in [1.54, 1.807) is 0 Å². The van der Waals surface area contributed by atoms with Crippen LogP contribution in [0.5, 0.6) is 0 Å². The number of nitrogens with two attached hydrogens (primary N) is 2. The van der Waals surface area contributed by atoms with Crippen LogP contribution in [-0.4, -0.2) is 45.7 Å². The number of carbonyl (C=O) groups excluding carboxylic acids is 2. The van der Waals surface area contributed by atoms with Gasteiger partial charge in [0.05, 0.1) is 17.5 Å². The van der Waals surface area contributed by atoms with E-state index in [-0.39, 0.29) is 5.75 Å². The quantitative estimate of drug-likeness (QED) is 0.278. The monoisotopic (exact) mass is 252 g/mol. The number of carboxylic acid groups (broad SMARTS) is 1. The molecule has 15 heavy (non-hydrogen) atoms. The summed E-state index contributed by atoms with van der Waals surface area (Å²) in [6, 6.07) is 0. The number of Topliss-reactive ketones (excluding diaryl/α,β-unsaturated/α-hetero) is 2. The highest BCUT2D eigenvalue weighted by molar-refractivity contribution is 7.83. The second-order valence-corrected chi connectivity index (χ2v) is 3.66. The number of carbonyl (C=O) groups is 3. The molecular formula is C7H12N2O4S2. The molecule has 2 unspecified atom stereocenters. The number of aliphatic carboxylic acids is 1. The van der Waals surface area contributed by atoms with Crippen LogP contribution in [0.3, 0.4) is 0 Å². The lowest BCUT2D eigenvalue weighted by atomic mass is 9.89. The second-order valence-electron chi connectivity index (χ2n) is 2.83. The average molecular weight is 252 g/mol. The summed E-state index contributed by atoms with van der Waals surface area (Å²) in [4.78, 5) is 33.3. The van der Waals surface area contributed by atoms with Gasteiger partial charge in [0.15, 0.2) is 17.1 Å². The summed E-state index contributed by atoms with van der Waals surface area (Å²) in [5.41, 5.74) is 7.98. The molecule has 0 aliphatic heterocycles. The minimum atomic E-state index is -2.39. The zero-order valence-corrected chi connectivity index (χ0v) is 9.50. The Morgan fingerprint density at radius 1 is 1.40 bits per heavy atom. The van der Waals surface area contributed by atoms with Crippen LogP contribution in [0.4, 0.5) is 0 Å². The van der Waals surface area contributed by atoms with Crippen LogP contribution < -0.4 is 11.5 Å². The molecule has 0 aromatic heterocycles. The van der Waals surface area contributed by atoms with Gasteiger partial charge in [0.2, 0.25) is 0 Å². The van der Waals surface area contributed by atoms with Crippen LogP contribution >= 0.6 is 25.3 Å². The van der Waals surface area contributed by atoms with Crippen molar-refractivity contribution in [1.82, 2.24) is 0 Å². The maximum Gasteiger partial charge on any atom is 0.333 e. The summed E-state index contributed by atoms with van der Waals surface area (Å²) in [5.74, 6) is -3.48. The standard InChI is InChI=1S/C7H12N2O4S2/c8-1-4(11)7(9,6(12)13)5(15)3(10)2-14/h5,14-15H,1-2,8-9H2,(H,12,13). The van der Waals surface area contributed by atoms with Gasteiger partial charge in [-0.1, -0.05) is 0 Å². The third-order valence-corrected chi connectivity index (χ3v) is 2.90. The number of ketones is 2. The molecule has 0 aliphatic carbocycles. The van der Waals surface area contributed by atoms with E-state index in [1.807, 2.05) is 0 Å². The molecule has 86 valence electrons. The number of thiol groups is 2. The summed E-state index contributed by atoms with van der Waals surface area (Å²) < 4.78 is 0. The van der Waals surface area contributed by atoms with E-state index in [0.717, 1.165) is 0 Å². The minimum absolute atomic E-state index is 0.252. The van der Waals surface area contributed by atoms with Crippen molar-refractivity contribution >= 4 is 42.8 Å². The van der Waals surface area contributed by atoms with Crippen molar-refractivity contribution in [1.29, 1.82) is 0 Å². The lowest BCUT2D eigenvalue weighted by Gasteiger charge is -2.27. The van der Waals surface area contributed by atoms with Gasteiger partial charge in [0.1, 0.15) is 0 Å². The third kappa shape index (κ3) is 2.71. The van der Waals surface area contributed by atoms with Crippen molar-refractivity contribution in [2.45, 2.75) is 10.8 Å². The topological polar surface area (TPSA) is 123 Å². The van der Waals surface area contributed by atoms with Crippen molar-refractivity contribution < 1.29 is 19.5 Å². The first kappa shape index (κ1) is 14.4. The van der Waals surface area contributed by atoms with E-state index in [2.05, 4.69) is 25.3 Å². The van der Waals surface area contributed by atoms with Gasteiger partial charge in [-0.2, -0.15) is 25.3 Å². The van der Waals surface area contributed by atoms with Crippen molar-refractivity contribution in [3.8, 4) is 0 Å². The number of hydrogen-bond donors (Lipinski definition) is 5. The average Bonchev–Trinajstić information content (AvgIpc) is 2.24. The van der Waals surface area contributed by atoms with Gasteiger partial charge in [-0.05, 0) is 0 Å². The third-order valence-electron chi connectivity index (χ3n) is 1.89. The Labute approximate surface area is 97.2 Å². The molecule has 0 rings (SSSR count). The lowest BCUT2D eigenvalue weighted by molar-refractivity contribution is -0.149. The Morgan fingerprint density at radius 3 is 2.13 bits per heavy atom. The smallest absolute Gasteiger partial charge is 0.333 e. The molecule has 5 N–H and O–H groups in total. The van der Waals surface area contributed by atoms with E-state index >= 15 is 0 Å². The van der Waals surface area contributed by atoms with Crippen molar-refractivity contribution in [2.24, 2.45) is 11.5 Å².